The zero-order chi connectivity index (χ0) is 12.5. The number of amides is 1. The van der Waals surface area contributed by atoms with Gasteiger partial charge in [0.15, 0.2) is 0 Å². The minimum Gasteiger partial charge on any atom is -0.392 e. The second kappa shape index (κ2) is 4.97. The first-order valence-corrected chi connectivity index (χ1v) is 6.96. The zero-order valence-electron chi connectivity index (χ0n) is 11.0. The highest BCUT2D eigenvalue weighted by atomic mass is 16.3. The molecule has 0 aromatic heterocycles. The lowest BCUT2D eigenvalue weighted by molar-refractivity contribution is -0.128. The van der Waals surface area contributed by atoms with Crippen molar-refractivity contribution in [2.45, 2.75) is 70.9 Å². The SMILES string of the molecule is CC1(C)CCC(NC(=O)C2CCCC2O)CC1. The summed E-state index contributed by atoms with van der Waals surface area (Å²) in [5.74, 6) is -0.0651. The van der Waals surface area contributed by atoms with Crippen molar-refractivity contribution in [1.82, 2.24) is 5.32 Å². The maximum absolute atomic E-state index is 12.0. The molecule has 2 aliphatic rings. The first-order valence-electron chi connectivity index (χ1n) is 6.96. The number of hydrogen-bond donors (Lipinski definition) is 2. The number of aliphatic hydroxyl groups excluding tert-OH is 1. The third kappa shape index (κ3) is 3.21. The lowest BCUT2D eigenvalue weighted by Gasteiger charge is -2.35. The Hall–Kier alpha value is -0.570. The number of carbonyl (C=O) groups is 1. The fourth-order valence-corrected chi connectivity index (χ4v) is 3.10. The summed E-state index contributed by atoms with van der Waals surface area (Å²) in [6.07, 6.45) is 6.76. The van der Waals surface area contributed by atoms with Crippen LogP contribution in [-0.2, 0) is 4.79 Å². The van der Waals surface area contributed by atoms with Crippen LogP contribution in [-0.4, -0.2) is 23.2 Å². The van der Waals surface area contributed by atoms with Gasteiger partial charge in [-0.1, -0.05) is 13.8 Å². The van der Waals surface area contributed by atoms with E-state index < -0.39 is 6.10 Å². The molecule has 3 nitrogen and oxygen atoms in total. The van der Waals surface area contributed by atoms with Gasteiger partial charge in [-0.3, -0.25) is 4.79 Å². The van der Waals surface area contributed by atoms with Crippen molar-refractivity contribution in [1.29, 1.82) is 0 Å². The Morgan fingerprint density at radius 1 is 1.18 bits per heavy atom. The largest absolute Gasteiger partial charge is 0.392 e. The molecular weight excluding hydrogens is 214 g/mol. The first kappa shape index (κ1) is 12.9. The van der Waals surface area contributed by atoms with Gasteiger partial charge < -0.3 is 10.4 Å². The van der Waals surface area contributed by atoms with Crippen molar-refractivity contribution in [3.05, 3.63) is 0 Å². The summed E-state index contributed by atoms with van der Waals surface area (Å²) >= 11 is 0. The minimum atomic E-state index is -0.407. The van der Waals surface area contributed by atoms with E-state index in [0.29, 0.717) is 11.5 Å². The smallest absolute Gasteiger partial charge is 0.225 e. The molecule has 1 amide bonds. The van der Waals surface area contributed by atoms with Crippen LogP contribution in [0, 0.1) is 11.3 Å². The molecule has 0 spiro atoms. The van der Waals surface area contributed by atoms with E-state index in [0.717, 1.165) is 32.1 Å². The molecule has 0 heterocycles. The molecule has 2 fully saturated rings. The number of aliphatic hydroxyl groups is 1. The van der Waals surface area contributed by atoms with Gasteiger partial charge in [0.05, 0.1) is 12.0 Å². The van der Waals surface area contributed by atoms with E-state index in [1.165, 1.54) is 12.8 Å². The van der Waals surface area contributed by atoms with Crippen LogP contribution in [0.15, 0.2) is 0 Å². The molecule has 0 aromatic carbocycles. The molecule has 2 rings (SSSR count). The molecule has 2 unspecified atom stereocenters. The van der Waals surface area contributed by atoms with Crippen LogP contribution in [0.25, 0.3) is 0 Å². The molecule has 2 atom stereocenters. The van der Waals surface area contributed by atoms with Crippen molar-refractivity contribution < 1.29 is 9.90 Å². The summed E-state index contributed by atoms with van der Waals surface area (Å²) in [5.41, 5.74) is 0.439. The van der Waals surface area contributed by atoms with Crippen molar-refractivity contribution in [2.24, 2.45) is 11.3 Å². The molecule has 2 saturated carbocycles. The van der Waals surface area contributed by atoms with E-state index >= 15 is 0 Å². The number of rotatable bonds is 2. The van der Waals surface area contributed by atoms with E-state index in [1.807, 2.05) is 0 Å². The van der Waals surface area contributed by atoms with Crippen molar-refractivity contribution in [3.63, 3.8) is 0 Å². The second-order valence-electron chi connectivity index (χ2n) is 6.55. The van der Waals surface area contributed by atoms with Crippen LogP contribution < -0.4 is 5.32 Å². The quantitative estimate of drug-likeness (QED) is 0.776. The number of nitrogens with one attached hydrogen (secondary N) is 1. The Balaban J connectivity index is 1.80. The average molecular weight is 239 g/mol. The Morgan fingerprint density at radius 3 is 2.35 bits per heavy atom. The van der Waals surface area contributed by atoms with Gasteiger partial charge in [-0.05, 0) is 50.4 Å². The maximum Gasteiger partial charge on any atom is 0.225 e. The molecule has 0 saturated heterocycles. The summed E-state index contributed by atoms with van der Waals surface area (Å²) < 4.78 is 0. The Labute approximate surface area is 104 Å². The summed E-state index contributed by atoms with van der Waals surface area (Å²) in [6.45, 7) is 4.59. The normalized spacial score (nSPS) is 33.6. The van der Waals surface area contributed by atoms with Gasteiger partial charge in [0.1, 0.15) is 0 Å². The zero-order valence-corrected chi connectivity index (χ0v) is 11.0. The standard InChI is InChI=1S/C14H25NO2/c1-14(2)8-6-10(7-9-14)15-13(17)11-4-3-5-12(11)16/h10-12,16H,3-9H2,1-2H3,(H,15,17). The third-order valence-corrected chi connectivity index (χ3v) is 4.50. The van der Waals surface area contributed by atoms with E-state index in [1.54, 1.807) is 0 Å². The second-order valence-corrected chi connectivity index (χ2v) is 6.55. The highest BCUT2D eigenvalue weighted by Gasteiger charge is 2.34. The molecule has 0 aromatic rings. The summed E-state index contributed by atoms with van der Waals surface area (Å²) in [5, 5.41) is 12.8. The van der Waals surface area contributed by atoms with Crippen molar-refractivity contribution in [3.8, 4) is 0 Å². The highest BCUT2D eigenvalue weighted by Crippen LogP contribution is 2.35. The molecule has 2 N–H and O–H groups in total. The first-order chi connectivity index (χ1) is 7.98. The fourth-order valence-electron chi connectivity index (χ4n) is 3.10. The van der Waals surface area contributed by atoms with Crippen LogP contribution >= 0.6 is 0 Å². The van der Waals surface area contributed by atoms with Crippen LogP contribution in [0.3, 0.4) is 0 Å². The fraction of sp³-hybridized carbons (Fsp3) is 0.929. The van der Waals surface area contributed by atoms with Crippen molar-refractivity contribution in [2.75, 3.05) is 0 Å². The predicted octanol–water partition coefficient (Wildman–Crippen LogP) is 2.23. The van der Waals surface area contributed by atoms with Gasteiger partial charge in [0.2, 0.25) is 5.91 Å². The Bertz CT molecular complexity index is 278. The van der Waals surface area contributed by atoms with E-state index in [9.17, 15) is 9.90 Å². The molecule has 3 heteroatoms. The lowest BCUT2D eigenvalue weighted by atomic mass is 9.75. The van der Waals surface area contributed by atoms with Crippen LogP contribution in [0.1, 0.15) is 58.8 Å². The number of hydrogen-bond acceptors (Lipinski definition) is 2. The van der Waals surface area contributed by atoms with Gasteiger partial charge >= 0.3 is 0 Å². The summed E-state index contributed by atoms with van der Waals surface area (Å²) in [7, 11) is 0. The van der Waals surface area contributed by atoms with E-state index in [4.69, 9.17) is 0 Å². The van der Waals surface area contributed by atoms with E-state index in [-0.39, 0.29) is 11.8 Å². The minimum absolute atomic E-state index is 0.0831. The molecule has 0 aliphatic heterocycles. The van der Waals surface area contributed by atoms with Gasteiger partial charge in [0, 0.05) is 6.04 Å². The van der Waals surface area contributed by atoms with Crippen LogP contribution in [0.4, 0.5) is 0 Å². The van der Waals surface area contributed by atoms with E-state index in [2.05, 4.69) is 19.2 Å². The van der Waals surface area contributed by atoms with Crippen LogP contribution in [0.5, 0.6) is 0 Å². The number of carbonyl (C=O) groups excluding carboxylic acids is 1. The average Bonchev–Trinajstić information content (AvgIpc) is 2.68. The third-order valence-electron chi connectivity index (χ3n) is 4.50. The summed E-state index contributed by atoms with van der Waals surface area (Å²) in [4.78, 5) is 12.0. The molecule has 17 heavy (non-hydrogen) atoms. The van der Waals surface area contributed by atoms with Gasteiger partial charge in [0.25, 0.3) is 0 Å². The maximum atomic E-state index is 12.0. The van der Waals surface area contributed by atoms with Crippen LogP contribution in [0.2, 0.25) is 0 Å². The molecule has 2 aliphatic carbocycles. The molecule has 98 valence electrons. The lowest BCUT2D eigenvalue weighted by Crippen LogP contribution is -2.43. The highest BCUT2D eigenvalue weighted by molar-refractivity contribution is 5.79. The summed E-state index contributed by atoms with van der Waals surface area (Å²) in [6, 6.07) is 0.336. The molecule has 0 bridgehead atoms. The Morgan fingerprint density at radius 2 is 1.82 bits per heavy atom. The molecular formula is C14H25NO2. The van der Waals surface area contributed by atoms with Gasteiger partial charge in [-0.25, -0.2) is 0 Å². The monoisotopic (exact) mass is 239 g/mol. The predicted molar refractivity (Wildman–Crippen MR) is 67.5 cm³/mol. The van der Waals surface area contributed by atoms with Gasteiger partial charge in [-0.2, -0.15) is 0 Å². The molecule has 0 radical (unpaired) electrons. The topological polar surface area (TPSA) is 49.3 Å². The van der Waals surface area contributed by atoms with Crippen molar-refractivity contribution >= 4 is 5.91 Å². The Kier molecular flexibility index (Phi) is 3.76. The van der Waals surface area contributed by atoms with Gasteiger partial charge in [-0.15, -0.1) is 0 Å².